The zero-order chi connectivity index (χ0) is 22.8. The van der Waals surface area contributed by atoms with Gasteiger partial charge in [0.15, 0.2) is 11.5 Å². The molecule has 32 heavy (non-hydrogen) atoms. The molecule has 166 valence electrons. The number of esters is 1. The molecule has 1 aliphatic heterocycles. The van der Waals surface area contributed by atoms with Gasteiger partial charge in [0, 0.05) is 11.3 Å². The predicted molar refractivity (Wildman–Crippen MR) is 121 cm³/mol. The molecule has 1 atom stereocenters. The number of imidazole rings is 1. The molecule has 1 unspecified atom stereocenters. The Morgan fingerprint density at radius 3 is 2.56 bits per heavy atom. The van der Waals surface area contributed by atoms with Crippen LogP contribution in [0.3, 0.4) is 0 Å². The molecule has 8 heteroatoms. The molecule has 1 N–H and O–H groups in total. The number of hydrogen-bond acceptors (Lipinski definition) is 7. The maximum absolute atomic E-state index is 13.2. The first-order valence-electron chi connectivity index (χ1n) is 10.1. The van der Waals surface area contributed by atoms with Crippen LogP contribution >= 0.6 is 0 Å². The van der Waals surface area contributed by atoms with Crippen LogP contribution < -0.4 is 19.5 Å². The molecule has 4 rings (SSSR count). The lowest BCUT2D eigenvalue weighted by Crippen LogP contribution is -2.29. The minimum absolute atomic E-state index is 0.100. The number of carbonyl (C=O) groups is 1. The first kappa shape index (κ1) is 21.3. The lowest BCUT2D eigenvalue weighted by Gasteiger charge is -2.31. The average Bonchev–Trinajstić information content (AvgIpc) is 3.18. The van der Waals surface area contributed by atoms with Crippen LogP contribution in [0.1, 0.15) is 18.5 Å². The number of para-hydroxylation sites is 2. The van der Waals surface area contributed by atoms with Crippen LogP contribution in [0.15, 0.2) is 60.3 Å². The quantitative estimate of drug-likeness (QED) is 0.442. The summed E-state index contributed by atoms with van der Waals surface area (Å²) in [5.74, 6) is 1.58. The fourth-order valence-electron chi connectivity index (χ4n) is 4.07. The Kier molecular flexibility index (Phi) is 5.77. The zero-order valence-corrected chi connectivity index (χ0v) is 18.5. The second kappa shape index (κ2) is 8.66. The third kappa shape index (κ3) is 3.33. The molecule has 8 nitrogen and oxygen atoms in total. The van der Waals surface area contributed by atoms with Crippen LogP contribution in [0.25, 0.3) is 11.0 Å². The normalized spacial score (nSPS) is 15.1. The van der Waals surface area contributed by atoms with Gasteiger partial charge in [0.2, 0.25) is 11.7 Å². The number of fused-ring (bicyclic) bond motifs is 3. The summed E-state index contributed by atoms with van der Waals surface area (Å²) in [5.41, 5.74) is 3.45. The number of allylic oxidation sites excluding steroid dienone is 1. The minimum atomic E-state index is -0.578. The molecule has 0 spiro atoms. The van der Waals surface area contributed by atoms with Gasteiger partial charge >= 0.3 is 5.97 Å². The van der Waals surface area contributed by atoms with Crippen molar-refractivity contribution in [3.63, 3.8) is 0 Å². The van der Waals surface area contributed by atoms with Gasteiger partial charge < -0.3 is 24.3 Å². The number of hydrogen-bond donors (Lipinski definition) is 1. The number of carbonyl (C=O) groups excluding carboxylic acids is 1. The van der Waals surface area contributed by atoms with Crippen molar-refractivity contribution in [2.24, 2.45) is 0 Å². The van der Waals surface area contributed by atoms with Crippen LogP contribution in [0.4, 0.5) is 5.95 Å². The summed E-state index contributed by atoms with van der Waals surface area (Å²) >= 11 is 0. The maximum Gasteiger partial charge on any atom is 0.338 e. The highest BCUT2D eigenvalue weighted by molar-refractivity contribution is 5.94. The Morgan fingerprint density at radius 2 is 1.88 bits per heavy atom. The van der Waals surface area contributed by atoms with Gasteiger partial charge in [-0.25, -0.2) is 9.78 Å². The van der Waals surface area contributed by atoms with Crippen molar-refractivity contribution < 1.29 is 23.7 Å². The van der Waals surface area contributed by atoms with E-state index >= 15 is 0 Å². The van der Waals surface area contributed by atoms with Crippen molar-refractivity contribution in [1.82, 2.24) is 9.55 Å². The summed E-state index contributed by atoms with van der Waals surface area (Å²) in [6.07, 6.45) is 1.54. The third-order valence-electron chi connectivity index (χ3n) is 5.41. The Morgan fingerprint density at radius 1 is 1.12 bits per heavy atom. The molecule has 0 amide bonds. The predicted octanol–water partition coefficient (Wildman–Crippen LogP) is 4.08. The lowest BCUT2D eigenvalue weighted by molar-refractivity contribution is -0.138. The molecule has 0 aliphatic carbocycles. The summed E-state index contributed by atoms with van der Waals surface area (Å²) in [6.45, 7) is 5.56. The van der Waals surface area contributed by atoms with Gasteiger partial charge in [0.1, 0.15) is 6.61 Å². The average molecular weight is 435 g/mol. The molecule has 1 aliphatic rings. The number of aromatic nitrogens is 2. The first-order chi connectivity index (χ1) is 15.5. The fraction of sp³-hybridized carbons (Fsp3) is 0.250. The molecule has 2 aromatic carbocycles. The number of ether oxygens (including phenoxy) is 4. The van der Waals surface area contributed by atoms with Crippen molar-refractivity contribution in [2.75, 3.05) is 33.3 Å². The standard InChI is InChI=1S/C24H25N3O5/c1-6-13-32-23(28)19-14(2)25-24-26-16-9-7-8-10-17(16)27(24)20(19)15-11-12-18(29-3)22(31-5)21(15)30-4/h6-12,20H,1,13H2,2-5H3,(H,25,26). The number of nitrogens with zero attached hydrogens (tertiary/aromatic N) is 2. The van der Waals surface area contributed by atoms with E-state index in [1.807, 2.05) is 41.8 Å². The molecule has 0 radical (unpaired) electrons. The Labute approximate surface area is 186 Å². The first-order valence-corrected chi connectivity index (χ1v) is 10.1. The summed E-state index contributed by atoms with van der Waals surface area (Å²) < 4.78 is 24.2. The number of anilines is 1. The summed E-state index contributed by atoms with van der Waals surface area (Å²) in [6, 6.07) is 10.8. The highest BCUT2D eigenvalue weighted by Gasteiger charge is 2.37. The molecular formula is C24H25N3O5. The Bertz CT molecular complexity index is 1230. The molecule has 2 heterocycles. The number of nitrogens with one attached hydrogen (secondary N) is 1. The van der Waals surface area contributed by atoms with Crippen molar-refractivity contribution in [3.05, 3.63) is 65.9 Å². The van der Waals surface area contributed by atoms with E-state index in [0.717, 1.165) is 11.0 Å². The van der Waals surface area contributed by atoms with E-state index in [9.17, 15) is 4.79 Å². The van der Waals surface area contributed by atoms with E-state index in [2.05, 4.69) is 11.9 Å². The van der Waals surface area contributed by atoms with E-state index in [4.69, 9.17) is 23.9 Å². The largest absolute Gasteiger partial charge is 0.493 e. The monoisotopic (exact) mass is 435 g/mol. The molecule has 0 fully saturated rings. The van der Waals surface area contributed by atoms with Crippen molar-refractivity contribution in [2.45, 2.75) is 13.0 Å². The van der Waals surface area contributed by atoms with E-state index in [1.165, 1.54) is 6.08 Å². The van der Waals surface area contributed by atoms with Crippen LogP contribution in [0, 0.1) is 0 Å². The van der Waals surface area contributed by atoms with Gasteiger partial charge in [-0.2, -0.15) is 0 Å². The Hall–Kier alpha value is -3.94. The second-order valence-corrected chi connectivity index (χ2v) is 7.17. The third-order valence-corrected chi connectivity index (χ3v) is 5.41. The van der Waals surface area contributed by atoms with Gasteiger partial charge in [0.25, 0.3) is 0 Å². The van der Waals surface area contributed by atoms with Crippen molar-refractivity contribution in [3.8, 4) is 17.2 Å². The summed E-state index contributed by atoms with van der Waals surface area (Å²) in [5, 5.41) is 3.25. The highest BCUT2D eigenvalue weighted by atomic mass is 16.5. The number of benzene rings is 2. The molecule has 0 bridgehead atoms. The maximum atomic E-state index is 13.2. The van der Waals surface area contributed by atoms with Crippen LogP contribution in [0.5, 0.6) is 17.2 Å². The molecular weight excluding hydrogens is 410 g/mol. The zero-order valence-electron chi connectivity index (χ0n) is 18.5. The smallest absolute Gasteiger partial charge is 0.338 e. The molecule has 1 aromatic heterocycles. The van der Waals surface area contributed by atoms with Gasteiger partial charge in [-0.15, -0.1) is 0 Å². The van der Waals surface area contributed by atoms with E-state index < -0.39 is 12.0 Å². The highest BCUT2D eigenvalue weighted by Crippen LogP contribution is 2.48. The van der Waals surface area contributed by atoms with Gasteiger partial charge in [-0.05, 0) is 31.2 Å². The molecule has 0 saturated heterocycles. The van der Waals surface area contributed by atoms with Crippen molar-refractivity contribution in [1.29, 1.82) is 0 Å². The molecule has 3 aromatic rings. The SMILES string of the molecule is C=CCOC(=O)C1=C(C)Nc2nc3ccccc3n2C1c1ccc(OC)c(OC)c1OC. The van der Waals surface area contributed by atoms with Crippen LogP contribution in [-0.2, 0) is 9.53 Å². The van der Waals surface area contributed by atoms with Crippen molar-refractivity contribution >= 4 is 23.0 Å². The van der Waals surface area contributed by atoms with Gasteiger partial charge in [0.05, 0.1) is 44.0 Å². The van der Waals surface area contributed by atoms with Crippen LogP contribution in [-0.4, -0.2) is 43.5 Å². The van der Waals surface area contributed by atoms with E-state index in [1.54, 1.807) is 27.4 Å². The second-order valence-electron chi connectivity index (χ2n) is 7.17. The van der Waals surface area contributed by atoms with E-state index in [0.29, 0.717) is 40.0 Å². The Balaban J connectivity index is 2.02. The van der Waals surface area contributed by atoms with E-state index in [-0.39, 0.29) is 6.61 Å². The van der Waals surface area contributed by atoms with Gasteiger partial charge in [-0.3, -0.25) is 4.57 Å². The summed E-state index contributed by atoms with van der Waals surface area (Å²) in [7, 11) is 4.66. The lowest BCUT2D eigenvalue weighted by atomic mass is 9.93. The van der Waals surface area contributed by atoms with Crippen LogP contribution in [0.2, 0.25) is 0 Å². The number of methoxy groups -OCH3 is 3. The minimum Gasteiger partial charge on any atom is -0.493 e. The van der Waals surface area contributed by atoms with Gasteiger partial charge in [-0.1, -0.05) is 24.8 Å². The fourth-order valence-corrected chi connectivity index (χ4v) is 4.07. The summed E-state index contributed by atoms with van der Waals surface area (Å²) in [4.78, 5) is 17.9. The number of rotatable bonds is 7. The molecule has 0 saturated carbocycles. The topological polar surface area (TPSA) is 83.8 Å².